The Hall–Kier alpha value is -0.880. The van der Waals surface area contributed by atoms with Gasteiger partial charge in [-0.1, -0.05) is 40.9 Å². The molecule has 0 saturated heterocycles. The highest BCUT2D eigenvalue weighted by Crippen LogP contribution is 2.29. The van der Waals surface area contributed by atoms with Crippen molar-refractivity contribution >= 4 is 62.3 Å². The average molecular weight is 381 g/mol. The van der Waals surface area contributed by atoms with Gasteiger partial charge in [-0.2, -0.15) is 0 Å². The minimum absolute atomic E-state index is 0.0551. The zero-order chi connectivity index (χ0) is 14.0. The Kier molecular flexibility index (Phi) is 4.62. The van der Waals surface area contributed by atoms with Gasteiger partial charge in [-0.3, -0.25) is 4.79 Å². The summed E-state index contributed by atoms with van der Waals surface area (Å²) in [6.45, 7) is 0. The number of halogens is 4. The summed E-state index contributed by atoms with van der Waals surface area (Å²) in [7, 11) is 0. The van der Waals surface area contributed by atoms with E-state index in [0.29, 0.717) is 9.50 Å². The molecule has 0 saturated carbocycles. The van der Waals surface area contributed by atoms with Crippen LogP contribution in [0.5, 0.6) is 0 Å². The summed E-state index contributed by atoms with van der Waals surface area (Å²) >= 11 is 20.9. The molecule has 0 spiro atoms. The highest BCUT2D eigenvalue weighted by atomic mass is 79.9. The van der Waals surface area contributed by atoms with Gasteiger partial charge in [0.2, 0.25) is 0 Å². The van der Waals surface area contributed by atoms with Crippen LogP contribution in [0.15, 0.2) is 29.0 Å². The van der Waals surface area contributed by atoms with Crippen LogP contribution in [0.4, 0.5) is 5.69 Å². The number of amides is 1. The molecule has 0 aliphatic carbocycles. The lowest BCUT2D eigenvalue weighted by Crippen LogP contribution is -2.14. The average Bonchev–Trinajstić information content (AvgIpc) is 2.37. The second kappa shape index (κ2) is 6.05. The topological polar surface area (TPSA) is 54.9 Å². The van der Waals surface area contributed by atoms with Crippen LogP contribution in [0, 0.1) is 0 Å². The first-order valence-corrected chi connectivity index (χ1v) is 6.84. The van der Waals surface area contributed by atoms with Crippen molar-refractivity contribution in [3.05, 3.63) is 49.9 Å². The lowest BCUT2D eigenvalue weighted by atomic mass is 10.2. The predicted octanol–water partition coefficient (Wildman–Crippen LogP) is 4.45. The number of hydrogen-bond donors (Lipinski definition) is 1. The van der Waals surface area contributed by atoms with Crippen molar-refractivity contribution in [1.29, 1.82) is 0 Å². The number of aromatic nitrogens is 2. The zero-order valence-electron chi connectivity index (χ0n) is 9.12. The molecule has 2 rings (SSSR count). The van der Waals surface area contributed by atoms with E-state index in [9.17, 15) is 4.79 Å². The lowest BCUT2D eigenvalue weighted by molar-refractivity contribution is 0.102. The fourth-order valence-corrected chi connectivity index (χ4v) is 2.29. The normalized spacial score (nSPS) is 10.3. The molecule has 0 aliphatic rings. The Morgan fingerprint density at radius 2 is 1.79 bits per heavy atom. The van der Waals surface area contributed by atoms with Gasteiger partial charge in [-0.05, 0) is 28.1 Å². The van der Waals surface area contributed by atoms with Gasteiger partial charge in [-0.15, -0.1) is 0 Å². The number of carbonyl (C=O) groups is 1. The molecule has 1 aromatic heterocycles. The lowest BCUT2D eigenvalue weighted by Gasteiger charge is -2.09. The van der Waals surface area contributed by atoms with Crippen LogP contribution in [0.1, 0.15) is 10.4 Å². The smallest absolute Gasteiger partial charge is 0.257 e. The predicted molar refractivity (Wildman–Crippen MR) is 79.2 cm³/mol. The molecule has 1 heterocycles. The van der Waals surface area contributed by atoms with Gasteiger partial charge in [0, 0.05) is 4.47 Å². The molecule has 19 heavy (non-hydrogen) atoms. The SMILES string of the molecule is O=C(Nc1c(Cl)ncnc1Cl)c1cccc(Br)c1Cl. The van der Waals surface area contributed by atoms with E-state index in [0.717, 1.165) is 0 Å². The number of hydrogen-bond acceptors (Lipinski definition) is 3. The summed E-state index contributed by atoms with van der Waals surface area (Å²) in [4.78, 5) is 19.6. The van der Waals surface area contributed by atoms with Gasteiger partial charge >= 0.3 is 0 Å². The van der Waals surface area contributed by atoms with Crippen molar-refractivity contribution in [2.75, 3.05) is 5.32 Å². The first-order valence-electron chi connectivity index (χ1n) is 4.92. The molecule has 0 unspecified atom stereocenters. The molecule has 98 valence electrons. The van der Waals surface area contributed by atoms with Crippen LogP contribution in [-0.4, -0.2) is 15.9 Å². The third-order valence-electron chi connectivity index (χ3n) is 2.19. The molecule has 1 amide bonds. The third-order valence-corrected chi connectivity index (χ3v) is 4.06. The van der Waals surface area contributed by atoms with E-state index >= 15 is 0 Å². The van der Waals surface area contributed by atoms with E-state index in [4.69, 9.17) is 34.8 Å². The molecule has 0 aliphatic heterocycles. The molecule has 0 radical (unpaired) electrons. The van der Waals surface area contributed by atoms with Crippen molar-refractivity contribution in [3.8, 4) is 0 Å². The van der Waals surface area contributed by atoms with Gasteiger partial charge in [-0.25, -0.2) is 9.97 Å². The van der Waals surface area contributed by atoms with Crippen LogP contribution in [0.2, 0.25) is 15.3 Å². The Morgan fingerprint density at radius 3 is 2.42 bits per heavy atom. The highest BCUT2D eigenvalue weighted by molar-refractivity contribution is 9.10. The molecular weight excluding hydrogens is 376 g/mol. The number of anilines is 1. The summed E-state index contributed by atoms with van der Waals surface area (Å²) < 4.78 is 0.614. The van der Waals surface area contributed by atoms with E-state index in [2.05, 4.69) is 31.2 Å². The molecule has 1 N–H and O–H groups in total. The second-order valence-corrected chi connectivity index (χ2v) is 5.33. The molecule has 4 nitrogen and oxygen atoms in total. The Morgan fingerprint density at radius 1 is 1.16 bits per heavy atom. The summed E-state index contributed by atoms with van der Waals surface area (Å²) in [6.07, 6.45) is 1.20. The van der Waals surface area contributed by atoms with E-state index in [-0.39, 0.29) is 21.6 Å². The molecule has 1 aromatic carbocycles. The van der Waals surface area contributed by atoms with Crippen molar-refractivity contribution in [1.82, 2.24) is 9.97 Å². The number of rotatable bonds is 2. The Bertz CT molecular complexity index is 631. The molecule has 2 aromatic rings. The van der Waals surface area contributed by atoms with E-state index in [1.165, 1.54) is 6.33 Å². The van der Waals surface area contributed by atoms with E-state index in [1.54, 1.807) is 18.2 Å². The largest absolute Gasteiger partial charge is 0.317 e. The third kappa shape index (κ3) is 3.17. The Labute approximate surface area is 132 Å². The van der Waals surface area contributed by atoms with Crippen LogP contribution in [0.3, 0.4) is 0 Å². The number of nitrogens with zero attached hydrogens (tertiary/aromatic N) is 2. The minimum atomic E-state index is -0.454. The first-order chi connectivity index (χ1) is 9.00. The van der Waals surface area contributed by atoms with E-state index in [1.807, 2.05) is 0 Å². The monoisotopic (exact) mass is 379 g/mol. The van der Waals surface area contributed by atoms with Crippen molar-refractivity contribution < 1.29 is 4.79 Å². The summed E-state index contributed by atoms with van der Waals surface area (Å²) in [5, 5.41) is 2.94. The molecule has 8 heteroatoms. The molecular formula is C11H5BrCl3N3O. The molecule has 0 fully saturated rings. The van der Waals surface area contributed by atoms with Crippen molar-refractivity contribution in [3.63, 3.8) is 0 Å². The zero-order valence-corrected chi connectivity index (χ0v) is 13.0. The Balaban J connectivity index is 2.34. The fraction of sp³-hybridized carbons (Fsp3) is 0. The fourth-order valence-electron chi connectivity index (χ4n) is 1.31. The highest BCUT2D eigenvalue weighted by Gasteiger charge is 2.16. The number of carbonyl (C=O) groups excluding carboxylic acids is 1. The van der Waals surface area contributed by atoms with Crippen molar-refractivity contribution in [2.24, 2.45) is 0 Å². The summed E-state index contributed by atoms with van der Waals surface area (Å²) in [6, 6.07) is 4.99. The number of benzene rings is 1. The minimum Gasteiger partial charge on any atom is -0.317 e. The van der Waals surface area contributed by atoms with E-state index < -0.39 is 5.91 Å². The van der Waals surface area contributed by atoms with Gasteiger partial charge in [0.05, 0.1) is 10.6 Å². The van der Waals surface area contributed by atoms with Crippen molar-refractivity contribution in [2.45, 2.75) is 0 Å². The quantitative estimate of drug-likeness (QED) is 0.782. The van der Waals surface area contributed by atoms with Crippen LogP contribution < -0.4 is 5.32 Å². The summed E-state index contributed by atoms with van der Waals surface area (Å²) in [5.41, 5.74) is 0.430. The summed E-state index contributed by atoms with van der Waals surface area (Å²) in [5.74, 6) is -0.454. The van der Waals surface area contributed by atoms with Gasteiger partial charge < -0.3 is 5.32 Å². The first kappa shape index (κ1) is 14.5. The van der Waals surface area contributed by atoms with Crippen LogP contribution in [0.25, 0.3) is 0 Å². The maximum absolute atomic E-state index is 12.1. The number of nitrogens with one attached hydrogen (secondary N) is 1. The van der Waals surface area contributed by atoms with Crippen LogP contribution in [-0.2, 0) is 0 Å². The van der Waals surface area contributed by atoms with Gasteiger partial charge in [0.25, 0.3) is 5.91 Å². The van der Waals surface area contributed by atoms with Gasteiger partial charge in [0.1, 0.15) is 12.0 Å². The second-order valence-electron chi connectivity index (χ2n) is 3.39. The molecule has 0 bridgehead atoms. The molecule has 0 atom stereocenters. The standard InChI is InChI=1S/C11H5BrCl3N3O/c12-6-3-1-2-5(7(6)13)11(19)18-8-9(14)16-4-17-10(8)15/h1-4H,(H,18,19). The maximum atomic E-state index is 12.1. The van der Waals surface area contributed by atoms with Gasteiger partial charge in [0.15, 0.2) is 10.3 Å². The van der Waals surface area contributed by atoms with Crippen LogP contribution >= 0.6 is 50.7 Å². The maximum Gasteiger partial charge on any atom is 0.257 e.